The van der Waals surface area contributed by atoms with Crippen LogP contribution in [-0.4, -0.2) is 0 Å². The van der Waals surface area contributed by atoms with Crippen LogP contribution in [-0.2, 0) is 0 Å². The zero-order chi connectivity index (χ0) is 6.91. The number of rotatable bonds is 0. The lowest BCUT2D eigenvalue weighted by Crippen LogP contribution is -2.17. The van der Waals surface area contributed by atoms with E-state index in [2.05, 4.69) is 39.3 Å². The Balaban J connectivity index is 2.58. The van der Waals surface area contributed by atoms with Crippen LogP contribution in [0.3, 0.4) is 0 Å². The molecule has 9 heavy (non-hydrogen) atoms. The first kappa shape index (κ1) is 6.85. The molecule has 0 N–H and O–H groups in total. The van der Waals surface area contributed by atoms with Crippen molar-refractivity contribution in [3.63, 3.8) is 0 Å². The van der Waals surface area contributed by atoms with Crippen LogP contribution in [0.15, 0.2) is 12.2 Å². The van der Waals surface area contributed by atoms with Crippen molar-refractivity contribution in [2.24, 2.45) is 11.3 Å². The molecule has 1 aliphatic rings. The van der Waals surface area contributed by atoms with Gasteiger partial charge in [0.25, 0.3) is 0 Å². The predicted molar refractivity (Wildman–Crippen MR) is 41.0 cm³/mol. The Hall–Kier alpha value is -0.260. The molecule has 0 fully saturated rings. The quantitative estimate of drug-likeness (QED) is 0.434. The molecule has 0 nitrogen and oxygen atoms in total. The third kappa shape index (κ3) is 1.85. The molecule has 0 bridgehead atoms. The molecule has 1 atom stereocenters. The highest BCUT2D eigenvalue weighted by atomic mass is 14.3. The Morgan fingerprint density at radius 3 is 2.44 bits per heavy atom. The lowest BCUT2D eigenvalue weighted by Gasteiger charge is -2.28. The van der Waals surface area contributed by atoms with Gasteiger partial charge in [0.15, 0.2) is 0 Å². The molecule has 51 valence electrons. The van der Waals surface area contributed by atoms with Gasteiger partial charge in [-0.05, 0) is 24.2 Å². The second-order valence-corrected chi connectivity index (χ2v) is 3.65. The average molecular weight is 123 g/mol. The first-order chi connectivity index (χ1) is 4.10. The molecule has 0 saturated heterocycles. The van der Waals surface area contributed by atoms with Gasteiger partial charge >= 0.3 is 0 Å². The van der Waals surface area contributed by atoms with Gasteiger partial charge in [-0.3, -0.25) is 0 Å². The molecule has 0 aliphatic heterocycles. The molecular formula is C9H15. The fourth-order valence-corrected chi connectivity index (χ4v) is 1.42. The number of allylic oxidation sites excluding steroid dienone is 2. The van der Waals surface area contributed by atoms with Gasteiger partial charge in [-0.1, -0.05) is 32.9 Å². The molecule has 1 rings (SSSR count). The summed E-state index contributed by atoms with van der Waals surface area (Å²) >= 11 is 0. The molecule has 1 radical (unpaired) electrons. The summed E-state index contributed by atoms with van der Waals surface area (Å²) in [5, 5.41) is 0. The van der Waals surface area contributed by atoms with Gasteiger partial charge in [0.1, 0.15) is 0 Å². The summed E-state index contributed by atoms with van der Waals surface area (Å²) in [6, 6.07) is 0. The molecule has 0 amide bonds. The van der Waals surface area contributed by atoms with Gasteiger partial charge in [-0.2, -0.15) is 0 Å². The SMILES string of the molecule is CC1[CH]C(C)(C)CC=C1. The minimum absolute atomic E-state index is 0.439. The summed E-state index contributed by atoms with van der Waals surface area (Å²) in [7, 11) is 0. The minimum atomic E-state index is 0.439. The van der Waals surface area contributed by atoms with Crippen molar-refractivity contribution in [1.82, 2.24) is 0 Å². The monoisotopic (exact) mass is 123 g/mol. The molecule has 0 spiro atoms. The lowest BCUT2D eigenvalue weighted by molar-refractivity contribution is 0.394. The van der Waals surface area contributed by atoms with Crippen LogP contribution < -0.4 is 0 Å². The standard InChI is InChI=1S/C9H15/c1-8-5-4-6-9(2,3)7-8/h4-5,7-8H,6H2,1-3H3. The second-order valence-electron chi connectivity index (χ2n) is 3.65. The molecule has 0 aromatic rings. The lowest BCUT2D eigenvalue weighted by atomic mass is 9.77. The van der Waals surface area contributed by atoms with Crippen molar-refractivity contribution in [2.75, 3.05) is 0 Å². The Labute approximate surface area is 58.0 Å². The molecule has 0 saturated carbocycles. The summed E-state index contributed by atoms with van der Waals surface area (Å²) < 4.78 is 0. The highest BCUT2D eigenvalue weighted by Crippen LogP contribution is 2.32. The van der Waals surface area contributed by atoms with Gasteiger partial charge in [0.2, 0.25) is 0 Å². The van der Waals surface area contributed by atoms with E-state index in [0.29, 0.717) is 11.3 Å². The molecule has 0 aromatic carbocycles. The van der Waals surface area contributed by atoms with Crippen LogP contribution in [0.25, 0.3) is 0 Å². The normalized spacial score (nSPS) is 32.6. The van der Waals surface area contributed by atoms with E-state index in [1.165, 1.54) is 6.42 Å². The fourth-order valence-electron chi connectivity index (χ4n) is 1.42. The Kier molecular flexibility index (Phi) is 1.65. The Morgan fingerprint density at radius 1 is 1.44 bits per heavy atom. The molecule has 1 aliphatic carbocycles. The fraction of sp³-hybridized carbons (Fsp3) is 0.667. The minimum Gasteiger partial charge on any atom is -0.0877 e. The van der Waals surface area contributed by atoms with E-state index in [0.717, 1.165) is 0 Å². The summed E-state index contributed by atoms with van der Waals surface area (Å²) in [5.74, 6) is 0.675. The van der Waals surface area contributed by atoms with E-state index in [1.807, 2.05) is 0 Å². The molecule has 0 heterocycles. The van der Waals surface area contributed by atoms with Crippen LogP contribution in [0.5, 0.6) is 0 Å². The molecule has 1 unspecified atom stereocenters. The summed E-state index contributed by atoms with van der Waals surface area (Å²) in [5.41, 5.74) is 0.439. The van der Waals surface area contributed by atoms with Crippen molar-refractivity contribution in [3.05, 3.63) is 18.6 Å². The van der Waals surface area contributed by atoms with E-state index >= 15 is 0 Å². The van der Waals surface area contributed by atoms with Crippen molar-refractivity contribution >= 4 is 0 Å². The maximum absolute atomic E-state index is 2.41. The van der Waals surface area contributed by atoms with Gasteiger partial charge in [0, 0.05) is 0 Å². The maximum Gasteiger partial charge on any atom is -0.0225 e. The van der Waals surface area contributed by atoms with E-state index in [9.17, 15) is 0 Å². The highest BCUT2D eigenvalue weighted by Gasteiger charge is 2.21. The highest BCUT2D eigenvalue weighted by molar-refractivity contribution is 5.07. The van der Waals surface area contributed by atoms with Crippen molar-refractivity contribution in [1.29, 1.82) is 0 Å². The van der Waals surface area contributed by atoms with Crippen LogP contribution in [0.4, 0.5) is 0 Å². The van der Waals surface area contributed by atoms with Crippen molar-refractivity contribution < 1.29 is 0 Å². The first-order valence-electron chi connectivity index (χ1n) is 3.63. The summed E-state index contributed by atoms with van der Waals surface area (Å²) in [6.07, 6.45) is 8.17. The molecule has 0 heteroatoms. The van der Waals surface area contributed by atoms with Crippen LogP contribution >= 0.6 is 0 Å². The largest absolute Gasteiger partial charge is 0.0877 e. The zero-order valence-electron chi connectivity index (χ0n) is 6.52. The Bertz CT molecular complexity index is 120. The number of hydrogen-bond acceptors (Lipinski definition) is 0. The van der Waals surface area contributed by atoms with E-state index in [1.54, 1.807) is 0 Å². The first-order valence-corrected chi connectivity index (χ1v) is 3.63. The summed E-state index contributed by atoms with van der Waals surface area (Å²) in [6.45, 7) is 6.80. The topological polar surface area (TPSA) is 0 Å². The molecule has 0 aromatic heterocycles. The predicted octanol–water partition coefficient (Wildman–Crippen LogP) is 2.81. The van der Waals surface area contributed by atoms with E-state index in [4.69, 9.17) is 0 Å². The van der Waals surface area contributed by atoms with Gasteiger partial charge in [-0.25, -0.2) is 0 Å². The van der Waals surface area contributed by atoms with Gasteiger partial charge < -0.3 is 0 Å². The third-order valence-electron chi connectivity index (χ3n) is 1.80. The van der Waals surface area contributed by atoms with Crippen LogP contribution in [0.2, 0.25) is 0 Å². The van der Waals surface area contributed by atoms with E-state index < -0.39 is 0 Å². The van der Waals surface area contributed by atoms with Gasteiger partial charge in [-0.15, -0.1) is 0 Å². The molecular weight excluding hydrogens is 108 g/mol. The van der Waals surface area contributed by atoms with Crippen LogP contribution in [0.1, 0.15) is 27.2 Å². The van der Waals surface area contributed by atoms with Crippen molar-refractivity contribution in [3.8, 4) is 0 Å². The number of hydrogen-bond donors (Lipinski definition) is 0. The maximum atomic E-state index is 2.41. The van der Waals surface area contributed by atoms with Crippen molar-refractivity contribution in [2.45, 2.75) is 27.2 Å². The summed E-state index contributed by atoms with van der Waals surface area (Å²) in [4.78, 5) is 0. The van der Waals surface area contributed by atoms with Crippen LogP contribution in [0, 0.1) is 17.8 Å². The van der Waals surface area contributed by atoms with Gasteiger partial charge in [0.05, 0.1) is 0 Å². The average Bonchev–Trinajstić information content (AvgIpc) is 1.60. The third-order valence-corrected chi connectivity index (χ3v) is 1.80. The van der Waals surface area contributed by atoms with E-state index in [-0.39, 0.29) is 0 Å². The zero-order valence-corrected chi connectivity index (χ0v) is 6.52. The second kappa shape index (κ2) is 2.17. The smallest absolute Gasteiger partial charge is 0.0225 e. The Morgan fingerprint density at radius 2 is 2.11 bits per heavy atom.